The Hall–Kier alpha value is -0.780. The van der Waals surface area contributed by atoms with Crippen LogP contribution in [0.15, 0.2) is 0 Å². The molecule has 0 aliphatic carbocycles. The van der Waals surface area contributed by atoms with Crippen molar-refractivity contribution in [3.05, 3.63) is 0 Å². The van der Waals surface area contributed by atoms with Gasteiger partial charge in [-0.15, -0.1) is 0 Å². The second-order valence-corrected chi connectivity index (χ2v) is 5.68. The molecule has 2 atom stereocenters. The van der Waals surface area contributed by atoms with Crippen LogP contribution in [-0.2, 0) is 14.4 Å². The van der Waals surface area contributed by atoms with Crippen LogP contribution in [-0.4, -0.2) is 80.7 Å². The maximum Gasteiger partial charge on any atom is 0.323 e. The summed E-state index contributed by atoms with van der Waals surface area (Å²) in [5.41, 5.74) is 0. The molecule has 122 valence electrons. The highest BCUT2D eigenvalue weighted by atomic mass is 127. The fraction of sp³-hybridized carbons (Fsp3) is 0.750. The van der Waals surface area contributed by atoms with Crippen molar-refractivity contribution in [2.75, 3.05) is 32.8 Å². The summed E-state index contributed by atoms with van der Waals surface area (Å²) in [6.07, 6.45) is 0.243. The van der Waals surface area contributed by atoms with E-state index < -0.39 is 15.8 Å². The molecule has 0 aromatic carbocycles. The van der Waals surface area contributed by atoms with Crippen molar-refractivity contribution in [1.82, 2.24) is 10.2 Å². The maximum atomic E-state index is 11.5. The van der Waals surface area contributed by atoms with E-state index in [-0.39, 0.29) is 38.0 Å². The van der Waals surface area contributed by atoms with Crippen molar-refractivity contribution in [1.29, 1.82) is 0 Å². The fourth-order valence-electron chi connectivity index (χ4n) is 1.67. The van der Waals surface area contributed by atoms with E-state index in [1.54, 1.807) is 29.5 Å². The topological polar surface area (TPSA) is 127 Å². The molecule has 1 aliphatic heterocycles. The minimum Gasteiger partial charge on any atom is -0.480 e. The number of aliphatic hydroxyl groups excluding tert-OH is 2. The first-order valence-electron chi connectivity index (χ1n) is 6.46. The highest BCUT2D eigenvalue weighted by Crippen LogP contribution is 2.20. The maximum absolute atomic E-state index is 11.5. The Morgan fingerprint density at radius 3 is 2.29 bits per heavy atom. The van der Waals surface area contributed by atoms with Crippen LogP contribution in [0.25, 0.3) is 0 Å². The molecule has 21 heavy (non-hydrogen) atoms. The number of piperidine rings is 1. The Morgan fingerprint density at radius 1 is 1.33 bits per heavy atom. The molecule has 1 aliphatic rings. The van der Waals surface area contributed by atoms with Crippen LogP contribution in [0.2, 0.25) is 0 Å². The molecule has 0 bridgehead atoms. The largest absolute Gasteiger partial charge is 0.480 e. The first-order valence-corrected chi connectivity index (χ1v) is 7.71. The minimum atomic E-state index is -1.05. The van der Waals surface area contributed by atoms with Crippen molar-refractivity contribution in [2.45, 2.75) is 23.3 Å². The lowest BCUT2D eigenvalue weighted by atomic mass is 10.0. The molecule has 0 aromatic heterocycles. The fourth-order valence-corrected chi connectivity index (χ4v) is 2.28. The number of ketones is 1. The third-order valence-electron chi connectivity index (χ3n) is 2.69. The summed E-state index contributed by atoms with van der Waals surface area (Å²) in [7, 11) is 0. The second kappa shape index (κ2) is 10.9. The van der Waals surface area contributed by atoms with Crippen LogP contribution < -0.4 is 5.32 Å². The molecule has 4 N–H and O–H groups in total. The first-order chi connectivity index (χ1) is 9.84. The number of alkyl halides is 1. The smallest absolute Gasteiger partial charge is 0.323 e. The number of aliphatic hydroxyl groups is 2. The number of carboxylic acid groups (broad SMARTS) is 1. The van der Waals surface area contributed by atoms with Gasteiger partial charge in [-0.1, -0.05) is 22.6 Å². The van der Waals surface area contributed by atoms with Crippen LogP contribution in [0.5, 0.6) is 0 Å². The van der Waals surface area contributed by atoms with E-state index in [2.05, 4.69) is 5.32 Å². The number of halogens is 1. The summed E-state index contributed by atoms with van der Waals surface area (Å²) in [5.74, 6) is -1.57. The molecular weight excluding hydrogens is 395 g/mol. The lowest BCUT2D eigenvalue weighted by molar-refractivity contribution is -0.149. The highest BCUT2D eigenvalue weighted by molar-refractivity contribution is 14.1. The van der Waals surface area contributed by atoms with Gasteiger partial charge < -0.3 is 25.5 Å². The minimum absolute atomic E-state index is 0.121. The number of hydrogen-bond donors (Lipinski definition) is 4. The van der Waals surface area contributed by atoms with E-state index >= 15 is 0 Å². The Bertz CT molecular complexity index is 362. The number of rotatable bonds is 6. The predicted molar refractivity (Wildman–Crippen MR) is 83.3 cm³/mol. The van der Waals surface area contributed by atoms with Gasteiger partial charge in [-0.2, -0.15) is 0 Å². The quantitative estimate of drug-likeness (QED) is 0.182. The molecule has 0 saturated carbocycles. The summed E-state index contributed by atoms with van der Waals surface area (Å²) in [4.78, 5) is 34.5. The van der Waals surface area contributed by atoms with Gasteiger partial charge in [0.25, 0.3) is 0 Å². The number of aliphatic carboxylic acids is 1. The van der Waals surface area contributed by atoms with Gasteiger partial charge >= 0.3 is 5.97 Å². The summed E-state index contributed by atoms with van der Waals surface area (Å²) in [6.45, 7) is 2.77. The number of carbonyl (C=O) groups is 3. The SMILES string of the molecule is CC1CC(=O)C(I)C(=O)N1CC(=O)O.OCCNCCO. The van der Waals surface area contributed by atoms with E-state index in [4.69, 9.17) is 15.3 Å². The van der Waals surface area contributed by atoms with Crippen LogP contribution in [0.4, 0.5) is 0 Å². The number of hydrogen-bond acceptors (Lipinski definition) is 6. The molecular formula is C12H21IN2O6. The summed E-state index contributed by atoms with van der Waals surface area (Å²) < 4.78 is -0.719. The summed E-state index contributed by atoms with van der Waals surface area (Å²) in [5, 5.41) is 27.7. The Kier molecular flexibility index (Phi) is 10.5. The number of amides is 1. The van der Waals surface area contributed by atoms with Crippen molar-refractivity contribution < 1.29 is 29.7 Å². The van der Waals surface area contributed by atoms with Crippen molar-refractivity contribution in [3.63, 3.8) is 0 Å². The van der Waals surface area contributed by atoms with Gasteiger partial charge in [-0.3, -0.25) is 14.4 Å². The van der Waals surface area contributed by atoms with Crippen LogP contribution in [0.1, 0.15) is 13.3 Å². The molecule has 0 aromatic rings. The number of carbonyl (C=O) groups excluding carboxylic acids is 2. The Balaban J connectivity index is 0.000000486. The number of nitrogens with one attached hydrogen (secondary N) is 1. The Morgan fingerprint density at radius 2 is 1.86 bits per heavy atom. The number of Topliss-reactive ketones (excluding diaryl/α,β-unsaturated/α-hetero) is 1. The third-order valence-corrected chi connectivity index (χ3v) is 3.92. The molecule has 2 unspecified atom stereocenters. The Labute approximate surface area is 136 Å². The lowest BCUT2D eigenvalue weighted by Crippen LogP contribution is -2.53. The molecule has 1 amide bonds. The van der Waals surface area contributed by atoms with E-state index in [0.29, 0.717) is 13.1 Å². The van der Waals surface area contributed by atoms with E-state index in [9.17, 15) is 14.4 Å². The van der Waals surface area contributed by atoms with Gasteiger partial charge in [0.1, 0.15) is 10.5 Å². The molecule has 0 spiro atoms. The zero-order valence-electron chi connectivity index (χ0n) is 11.8. The standard InChI is InChI=1S/C8H10INO4.C4H11NO2/c1-4-2-5(11)7(9)8(14)10(4)3-6(12)13;6-3-1-5-2-4-7/h4,7H,2-3H2,1H3,(H,12,13);5-7H,1-4H2. The summed E-state index contributed by atoms with van der Waals surface area (Å²) in [6, 6.07) is -0.308. The molecule has 9 heteroatoms. The van der Waals surface area contributed by atoms with Gasteiger partial charge in [0.2, 0.25) is 5.91 Å². The van der Waals surface area contributed by atoms with E-state index in [1.165, 1.54) is 4.90 Å². The molecule has 1 heterocycles. The average Bonchev–Trinajstić information content (AvgIpc) is 2.42. The predicted octanol–water partition coefficient (Wildman–Crippen LogP) is -1.37. The van der Waals surface area contributed by atoms with Crippen molar-refractivity contribution >= 4 is 40.3 Å². The first kappa shape index (κ1) is 20.2. The van der Waals surface area contributed by atoms with Crippen LogP contribution in [0.3, 0.4) is 0 Å². The molecule has 1 rings (SSSR count). The highest BCUT2D eigenvalue weighted by Gasteiger charge is 2.38. The van der Waals surface area contributed by atoms with E-state index in [0.717, 1.165) is 0 Å². The van der Waals surface area contributed by atoms with E-state index in [1.807, 2.05) is 0 Å². The molecule has 1 fully saturated rings. The third kappa shape index (κ3) is 7.69. The monoisotopic (exact) mass is 416 g/mol. The zero-order valence-corrected chi connectivity index (χ0v) is 13.9. The normalized spacial score (nSPS) is 21.8. The van der Waals surface area contributed by atoms with Crippen molar-refractivity contribution in [2.24, 2.45) is 0 Å². The number of nitrogens with zero attached hydrogens (tertiary/aromatic N) is 1. The molecule has 0 radical (unpaired) electrons. The van der Waals surface area contributed by atoms with Gasteiger partial charge in [0.15, 0.2) is 5.78 Å². The van der Waals surface area contributed by atoms with Gasteiger partial charge in [0, 0.05) is 25.6 Å². The van der Waals surface area contributed by atoms with Crippen LogP contribution in [0, 0.1) is 0 Å². The lowest BCUT2D eigenvalue weighted by Gasteiger charge is -2.33. The average molecular weight is 416 g/mol. The molecule has 1 saturated heterocycles. The van der Waals surface area contributed by atoms with Gasteiger partial charge in [-0.05, 0) is 6.92 Å². The van der Waals surface area contributed by atoms with Crippen molar-refractivity contribution in [3.8, 4) is 0 Å². The van der Waals surface area contributed by atoms with Gasteiger partial charge in [-0.25, -0.2) is 0 Å². The molecule has 8 nitrogen and oxygen atoms in total. The number of carboxylic acids is 1. The summed E-state index contributed by atoms with van der Waals surface area (Å²) >= 11 is 1.75. The zero-order chi connectivity index (χ0) is 16.4. The van der Waals surface area contributed by atoms with Crippen LogP contribution >= 0.6 is 22.6 Å². The second-order valence-electron chi connectivity index (χ2n) is 4.44. The van der Waals surface area contributed by atoms with Gasteiger partial charge in [0.05, 0.1) is 13.2 Å². The number of likely N-dealkylation sites (tertiary alicyclic amines) is 1.